The lowest BCUT2D eigenvalue weighted by molar-refractivity contribution is 0.728. The van der Waals surface area contributed by atoms with E-state index < -0.39 is 0 Å². The van der Waals surface area contributed by atoms with E-state index in [0.717, 1.165) is 12.8 Å². The minimum Gasteiger partial charge on any atom is -0.343 e. The SMILES string of the molecule is [CH2-]CCCCC.[CH2-]CCCCC.[S+2]. The molecule has 0 aromatic rings. The molecular formula is C12H26S. The van der Waals surface area contributed by atoms with Gasteiger partial charge in [-0.2, -0.15) is 12.8 Å². The van der Waals surface area contributed by atoms with E-state index in [1.807, 2.05) is 0 Å². The molecule has 4 radical (unpaired) electrons. The summed E-state index contributed by atoms with van der Waals surface area (Å²) in [7, 11) is 0. The van der Waals surface area contributed by atoms with Crippen LogP contribution in [0.4, 0.5) is 0 Å². The predicted molar refractivity (Wildman–Crippen MR) is 66.4 cm³/mol. The van der Waals surface area contributed by atoms with Gasteiger partial charge in [0.25, 0.3) is 0 Å². The second-order valence-corrected chi connectivity index (χ2v) is 3.12. The summed E-state index contributed by atoms with van der Waals surface area (Å²) in [6, 6.07) is 0. The van der Waals surface area contributed by atoms with Crippen LogP contribution in [0.3, 0.4) is 0 Å². The molecule has 0 aliphatic carbocycles. The predicted octanol–water partition coefficient (Wildman–Crippen LogP) is 4.80. The molecule has 0 unspecified atom stereocenters. The number of rotatable bonds is 6. The molecule has 0 heterocycles. The van der Waals surface area contributed by atoms with Crippen molar-refractivity contribution in [2.24, 2.45) is 0 Å². The van der Waals surface area contributed by atoms with Gasteiger partial charge in [0.05, 0.1) is 0 Å². The molecule has 0 fully saturated rings. The Morgan fingerprint density at radius 3 is 1.08 bits per heavy atom. The van der Waals surface area contributed by atoms with E-state index in [-0.39, 0.29) is 13.5 Å². The largest absolute Gasteiger partial charge is 2.00 e. The zero-order chi connectivity index (χ0) is 9.66. The zero-order valence-corrected chi connectivity index (χ0v) is 10.3. The summed E-state index contributed by atoms with van der Waals surface area (Å²) in [5, 5.41) is 0. The molecule has 13 heavy (non-hydrogen) atoms. The van der Waals surface area contributed by atoms with Gasteiger partial charge in [-0.15, -0.1) is 0 Å². The molecule has 0 spiro atoms. The van der Waals surface area contributed by atoms with Gasteiger partial charge in [0, 0.05) is 0 Å². The number of hydrogen-bond acceptors (Lipinski definition) is 0. The highest BCUT2D eigenvalue weighted by Crippen LogP contribution is 1.95. The highest BCUT2D eigenvalue weighted by molar-refractivity contribution is 7.37. The molecule has 0 aromatic carbocycles. The lowest BCUT2D eigenvalue weighted by Gasteiger charge is -1.91. The van der Waals surface area contributed by atoms with Crippen LogP contribution in [-0.2, 0) is 13.5 Å². The number of unbranched alkanes of at least 4 members (excludes halogenated alkanes) is 6. The minimum atomic E-state index is 0. The average Bonchev–Trinajstić information content (AvgIpc) is 2.12. The Kier molecular flexibility index (Phi) is 33.4. The van der Waals surface area contributed by atoms with Crippen molar-refractivity contribution in [1.29, 1.82) is 0 Å². The third kappa shape index (κ3) is 32.8. The van der Waals surface area contributed by atoms with Crippen LogP contribution in [-0.4, -0.2) is 0 Å². The van der Waals surface area contributed by atoms with Crippen molar-refractivity contribution in [3.63, 3.8) is 0 Å². The summed E-state index contributed by atoms with van der Waals surface area (Å²) < 4.78 is 0. The van der Waals surface area contributed by atoms with Crippen LogP contribution < -0.4 is 0 Å². The summed E-state index contributed by atoms with van der Waals surface area (Å²) in [6.45, 7) is 11.9. The first-order valence-corrected chi connectivity index (χ1v) is 5.41. The fourth-order valence-electron chi connectivity index (χ4n) is 0.854. The topological polar surface area (TPSA) is 0 Å². The van der Waals surface area contributed by atoms with E-state index in [4.69, 9.17) is 0 Å². The van der Waals surface area contributed by atoms with Gasteiger partial charge >= 0.3 is 13.5 Å². The molecule has 0 bridgehead atoms. The quantitative estimate of drug-likeness (QED) is 0.429. The van der Waals surface area contributed by atoms with Crippen molar-refractivity contribution in [1.82, 2.24) is 0 Å². The third-order valence-corrected chi connectivity index (χ3v) is 1.71. The van der Waals surface area contributed by atoms with Crippen molar-refractivity contribution in [3.05, 3.63) is 13.8 Å². The smallest absolute Gasteiger partial charge is 0.343 e. The second-order valence-electron chi connectivity index (χ2n) is 3.12. The van der Waals surface area contributed by atoms with E-state index in [1.165, 1.54) is 38.5 Å². The van der Waals surface area contributed by atoms with Crippen molar-refractivity contribution in [2.75, 3.05) is 0 Å². The van der Waals surface area contributed by atoms with Gasteiger partial charge in [0.2, 0.25) is 0 Å². The summed E-state index contributed by atoms with van der Waals surface area (Å²) in [5.74, 6) is 0. The lowest BCUT2D eigenvalue weighted by atomic mass is 10.2. The summed E-state index contributed by atoms with van der Waals surface area (Å²) in [5.41, 5.74) is 0. The molecule has 0 amide bonds. The molecule has 0 aromatic heterocycles. The Hall–Kier alpha value is 0.350. The maximum atomic E-state index is 3.72. The summed E-state index contributed by atoms with van der Waals surface area (Å²) >= 11 is 0. The third-order valence-electron chi connectivity index (χ3n) is 1.71. The van der Waals surface area contributed by atoms with Crippen LogP contribution in [0.2, 0.25) is 0 Å². The Morgan fingerprint density at radius 2 is 1.00 bits per heavy atom. The van der Waals surface area contributed by atoms with E-state index in [0.29, 0.717) is 0 Å². The lowest BCUT2D eigenvalue weighted by Crippen LogP contribution is -1.66. The number of hydrogen-bond donors (Lipinski definition) is 0. The van der Waals surface area contributed by atoms with Crippen molar-refractivity contribution in [3.8, 4) is 0 Å². The highest BCUT2D eigenvalue weighted by atomic mass is 32.1. The molecule has 0 aliphatic rings. The first-order chi connectivity index (χ1) is 5.83. The Bertz CT molecular complexity index is 37.1. The van der Waals surface area contributed by atoms with E-state index >= 15 is 0 Å². The van der Waals surface area contributed by atoms with Gasteiger partial charge in [0.1, 0.15) is 0 Å². The molecule has 0 N–H and O–H groups in total. The first kappa shape index (κ1) is 19.0. The van der Waals surface area contributed by atoms with Gasteiger partial charge in [-0.3, -0.25) is 0 Å². The molecule has 0 atom stereocenters. The van der Waals surface area contributed by atoms with Gasteiger partial charge < -0.3 is 13.8 Å². The van der Waals surface area contributed by atoms with Crippen LogP contribution in [0.15, 0.2) is 0 Å². The summed E-state index contributed by atoms with van der Waals surface area (Å²) in [6.07, 6.45) is 10.1. The molecule has 1 heteroatoms. The zero-order valence-electron chi connectivity index (χ0n) is 9.48. The fraction of sp³-hybridized carbons (Fsp3) is 0.833. The maximum absolute atomic E-state index is 3.72. The standard InChI is InChI=1S/2C6H13.S/c2*1-3-5-6-4-2;/h2*1,3-6H2,2H3;/q2*-1;+2. The Morgan fingerprint density at radius 1 is 0.692 bits per heavy atom. The fourth-order valence-corrected chi connectivity index (χ4v) is 0.854. The van der Waals surface area contributed by atoms with Gasteiger partial charge in [-0.25, -0.2) is 0 Å². The van der Waals surface area contributed by atoms with Crippen LogP contribution >= 0.6 is 0 Å². The van der Waals surface area contributed by atoms with Gasteiger partial charge in [-0.05, 0) is 0 Å². The molecule has 0 rings (SSSR count). The van der Waals surface area contributed by atoms with Crippen molar-refractivity contribution < 1.29 is 0 Å². The molecule has 0 aliphatic heterocycles. The average molecular weight is 202 g/mol. The Balaban J connectivity index is -0.000000143. The van der Waals surface area contributed by atoms with Crippen LogP contribution in [0.1, 0.15) is 65.2 Å². The van der Waals surface area contributed by atoms with Crippen molar-refractivity contribution >= 4 is 13.5 Å². The molecular weight excluding hydrogens is 176 g/mol. The second kappa shape index (κ2) is 22.8. The molecule has 0 nitrogen and oxygen atoms in total. The monoisotopic (exact) mass is 202 g/mol. The van der Waals surface area contributed by atoms with E-state index in [1.54, 1.807) is 0 Å². The van der Waals surface area contributed by atoms with Crippen LogP contribution in [0.5, 0.6) is 0 Å². The molecule has 0 saturated heterocycles. The highest BCUT2D eigenvalue weighted by Gasteiger charge is 2.00. The van der Waals surface area contributed by atoms with Crippen LogP contribution in [0.25, 0.3) is 0 Å². The Labute approximate surface area is 93.0 Å². The van der Waals surface area contributed by atoms with E-state index in [9.17, 15) is 0 Å². The minimum absolute atomic E-state index is 0. The van der Waals surface area contributed by atoms with E-state index in [2.05, 4.69) is 27.7 Å². The van der Waals surface area contributed by atoms with Gasteiger partial charge in [0.15, 0.2) is 0 Å². The van der Waals surface area contributed by atoms with Gasteiger partial charge in [-0.1, -0.05) is 52.4 Å². The first-order valence-electron chi connectivity index (χ1n) is 5.41. The molecule has 0 saturated carbocycles. The summed E-state index contributed by atoms with van der Waals surface area (Å²) in [4.78, 5) is 0. The maximum Gasteiger partial charge on any atom is 2.00 e. The van der Waals surface area contributed by atoms with Crippen molar-refractivity contribution in [2.45, 2.75) is 65.2 Å². The normalized spacial score (nSPS) is 8.31. The van der Waals surface area contributed by atoms with Crippen LogP contribution in [0, 0.1) is 13.8 Å². The molecule has 80 valence electrons.